The van der Waals surface area contributed by atoms with Gasteiger partial charge in [-0.1, -0.05) is 12.1 Å². The first-order chi connectivity index (χ1) is 9.08. The lowest BCUT2D eigenvalue weighted by Crippen LogP contribution is -2.33. The fourth-order valence-electron chi connectivity index (χ4n) is 1.90. The Hall–Kier alpha value is -1.06. The Morgan fingerprint density at radius 1 is 1.16 bits per heavy atom. The van der Waals surface area contributed by atoms with Gasteiger partial charge in [0.25, 0.3) is 5.91 Å². The van der Waals surface area contributed by atoms with Crippen molar-refractivity contribution in [2.75, 3.05) is 33.7 Å². The molecule has 0 aromatic heterocycles. The molecule has 0 saturated carbocycles. The Labute approximate surface area is 121 Å². The van der Waals surface area contributed by atoms with Crippen molar-refractivity contribution < 1.29 is 4.79 Å². The van der Waals surface area contributed by atoms with Gasteiger partial charge in [0.1, 0.15) is 0 Å². The maximum Gasteiger partial charge on any atom is 0.253 e. The average molecular weight is 283 g/mol. The van der Waals surface area contributed by atoms with E-state index < -0.39 is 0 Å². The molecule has 1 aromatic carbocycles. The molecule has 0 saturated heterocycles. The van der Waals surface area contributed by atoms with Gasteiger partial charge in [-0.3, -0.25) is 4.79 Å². The molecule has 0 spiro atoms. The van der Waals surface area contributed by atoms with Crippen molar-refractivity contribution in [3.63, 3.8) is 0 Å². The lowest BCUT2D eigenvalue weighted by Gasteiger charge is -2.22. The van der Waals surface area contributed by atoms with Crippen molar-refractivity contribution in [3.05, 3.63) is 35.4 Å². The molecule has 106 valence electrons. The maximum atomic E-state index is 12.3. The Kier molecular flexibility index (Phi) is 6.89. The smallest absolute Gasteiger partial charge is 0.253 e. The normalized spacial score (nSPS) is 10.8. The van der Waals surface area contributed by atoms with E-state index in [9.17, 15) is 4.79 Å². The number of carbonyl (C=O) groups excluding carboxylic acids is 1. The topological polar surface area (TPSA) is 23.6 Å². The number of carbonyl (C=O) groups is 1. The fraction of sp³-hybridized carbons (Fsp3) is 0.533. The van der Waals surface area contributed by atoms with Crippen molar-refractivity contribution in [1.29, 1.82) is 0 Å². The summed E-state index contributed by atoms with van der Waals surface area (Å²) < 4.78 is 0. The first-order valence-electron chi connectivity index (χ1n) is 6.67. The van der Waals surface area contributed by atoms with Crippen LogP contribution < -0.4 is 0 Å². The van der Waals surface area contributed by atoms with Gasteiger partial charge in [-0.05, 0) is 51.7 Å². The van der Waals surface area contributed by atoms with E-state index >= 15 is 0 Å². The van der Waals surface area contributed by atoms with Crippen LogP contribution in [0.15, 0.2) is 24.3 Å². The second kappa shape index (κ2) is 8.18. The summed E-state index contributed by atoms with van der Waals surface area (Å²) in [5, 5.41) is 0. The van der Waals surface area contributed by atoms with E-state index in [1.54, 1.807) is 0 Å². The minimum Gasteiger partial charge on any atom is -0.339 e. The van der Waals surface area contributed by atoms with Gasteiger partial charge in [0.05, 0.1) is 0 Å². The molecule has 0 aliphatic carbocycles. The number of alkyl halides is 1. The average Bonchev–Trinajstić information content (AvgIpc) is 2.43. The van der Waals surface area contributed by atoms with Crippen molar-refractivity contribution in [1.82, 2.24) is 9.80 Å². The molecule has 0 radical (unpaired) electrons. The summed E-state index contributed by atoms with van der Waals surface area (Å²) in [7, 11) is 4.09. The maximum absolute atomic E-state index is 12.3. The highest BCUT2D eigenvalue weighted by molar-refractivity contribution is 6.17. The molecule has 0 heterocycles. The van der Waals surface area contributed by atoms with E-state index in [-0.39, 0.29) is 5.91 Å². The van der Waals surface area contributed by atoms with Crippen molar-refractivity contribution in [2.45, 2.75) is 19.2 Å². The highest BCUT2D eigenvalue weighted by Crippen LogP contribution is 2.10. The van der Waals surface area contributed by atoms with Crippen LogP contribution in [0.2, 0.25) is 0 Å². The summed E-state index contributed by atoms with van der Waals surface area (Å²) in [6.07, 6.45) is 0.992. The summed E-state index contributed by atoms with van der Waals surface area (Å²) >= 11 is 5.75. The lowest BCUT2D eigenvalue weighted by molar-refractivity contribution is 0.0759. The van der Waals surface area contributed by atoms with Crippen LogP contribution in [0.1, 0.15) is 29.3 Å². The molecular formula is C15H23ClN2O. The highest BCUT2D eigenvalue weighted by Gasteiger charge is 2.13. The summed E-state index contributed by atoms with van der Waals surface area (Å²) in [6.45, 7) is 4.55. The van der Waals surface area contributed by atoms with Crippen molar-refractivity contribution >= 4 is 17.5 Å². The molecule has 0 aliphatic rings. The lowest BCUT2D eigenvalue weighted by atomic mass is 10.1. The summed E-state index contributed by atoms with van der Waals surface area (Å²) in [5.41, 5.74) is 1.77. The molecule has 4 heteroatoms. The largest absolute Gasteiger partial charge is 0.339 e. The number of rotatable bonds is 7. The van der Waals surface area contributed by atoms with E-state index in [1.165, 1.54) is 0 Å². The minimum absolute atomic E-state index is 0.0994. The summed E-state index contributed by atoms with van der Waals surface area (Å²) in [5.74, 6) is 0.580. The molecule has 0 unspecified atom stereocenters. The molecule has 1 aromatic rings. The first kappa shape index (κ1) is 16.0. The van der Waals surface area contributed by atoms with Crippen LogP contribution in [0.5, 0.6) is 0 Å². The monoisotopic (exact) mass is 282 g/mol. The van der Waals surface area contributed by atoms with E-state index in [2.05, 4.69) is 4.90 Å². The Morgan fingerprint density at radius 3 is 2.26 bits per heavy atom. The van der Waals surface area contributed by atoms with Gasteiger partial charge in [-0.25, -0.2) is 0 Å². The van der Waals surface area contributed by atoms with E-state index in [4.69, 9.17) is 11.6 Å². The van der Waals surface area contributed by atoms with Gasteiger partial charge in [0.15, 0.2) is 0 Å². The molecular weight excluding hydrogens is 260 g/mol. The van der Waals surface area contributed by atoms with Crippen molar-refractivity contribution in [3.8, 4) is 0 Å². The van der Waals surface area contributed by atoms with Crippen LogP contribution in [0.25, 0.3) is 0 Å². The van der Waals surface area contributed by atoms with Crippen LogP contribution in [-0.4, -0.2) is 49.4 Å². The molecule has 0 bridgehead atoms. The molecule has 0 aliphatic heterocycles. The van der Waals surface area contributed by atoms with Crippen LogP contribution in [-0.2, 0) is 5.88 Å². The zero-order chi connectivity index (χ0) is 14.3. The van der Waals surface area contributed by atoms with E-state index in [0.717, 1.165) is 37.2 Å². The number of amides is 1. The molecule has 0 atom stereocenters. The Bertz CT molecular complexity index is 390. The molecule has 1 amide bonds. The fourth-order valence-corrected chi connectivity index (χ4v) is 2.08. The van der Waals surface area contributed by atoms with Gasteiger partial charge in [0.2, 0.25) is 0 Å². The quantitative estimate of drug-likeness (QED) is 0.718. The third kappa shape index (κ3) is 5.21. The van der Waals surface area contributed by atoms with Gasteiger partial charge >= 0.3 is 0 Å². The predicted octanol–water partition coefficient (Wildman–Crippen LogP) is 2.84. The molecule has 19 heavy (non-hydrogen) atoms. The Balaban J connectivity index is 2.61. The number of nitrogens with zero attached hydrogens (tertiary/aromatic N) is 2. The predicted molar refractivity (Wildman–Crippen MR) is 80.7 cm³/mol. The molecule has 1 rings (SSSR count). The van der Waals surface area contributed by atoms with E-state index in [0.29, 0.717) is 5.88 Å². The number of benzene rings is 1. The standard InChI is InChI=1S/C15H23ClN2O/c1-4-18(11-5-10-17(2)3)15(19)14-8-6-13(12-16)7-9-14/h6-9H,4-5,10-12H2,1-3H3. The third-order valence-electron chi connectivity index (χ3n) is 3.06. The minimum atomic E-state index is 0.0994. The van der Waals surface area contributed by atoms with Crippen LogP contribution in [0.3, 0.4) is 0 Å². The van der Waals surface area contributed by atoms with Crippen LogP contribution >= 0.6 is 11.6 Å². The first-order valence-corrected chi connectivity index (χ1v) is 7.20. The van der Waals surface area contributed by atoms with Gasteiger partial charge in [0, 0.05) is 24.5 Å². The number of hydrogen-bond donors (Lipinski definition) is 0. The van der Waals surface area contributed by atoms with Crippen LogP contribution in [0, 0.1) is 0 Å². The molecule has 0 N–H and O–H groups in total. The summed E-state index contributed by atoms with van der Waals surface area (Å²) in [6, 6.07) is 7.53. The second-order valence-electron chi connectivity index (χ2n) is 4.87. The van der Waals surface area contributed by atoms with Gasteiger partial charge in [-0.15, -0.1) is 11.6 Å². The van der Waals surface area contributed by atoms with Crippen LogP contribution in [0.4, 0.5) is 0 Å². The zero-order valence-corrected chi connectivity index (χ0v) is 12.8. The zero-order valence-electron chi connectivity index (χ0n) is 12.0. The second-order valence-corrected chi connectivity index (χ2v) is 5.14. The van der Waals surface area contributed by atoms with Gasteiger partial charge < -0.3 is 9.80 Å². The molecule has 3 nitrogen and oxygen atoms in total. The third-order valence-corrected chi connectivity index (χ3v) is 3.37. The highest BCUT2D eigenvalue weighted by atomic mass is 35.5. The molecule has 0 fully saturated rings. The van der Waals surface area contributed by atoms with Crippen molar-refractivity contribution in [2.24, 2.45) is 0 Å². The number of hydrogen-bond acceptors (Lipinski definition) is 2. The Morgan fingerprint density at radius 2 is 1.79 bits per heavy atom. The number of halogens is 1. The van der Waals surface area contributed by atoms with E-state index in [1.807, 2.05) is 50.2 Å². The SMILES string of the molecule is CCN(CCCN(C)C)C(=O)c1ccc(CCl)cc1. The van der Waals surface area contributed by atoms with Gasteiger partial charge in [-0.2, -0.15) is 0 Å². The summed E-state index contributed by atoms with van der Waals surface area (Å²) in [4.78, 5) is 16.4.